The Balaban J connectivity index is 1.71. The molecule has 0 spiro atoms. The molecule has 0 amide bonds. The number of halogens is 1. The third kappa shape index (κ3) is 3.96. The molecular weight excluding hydrogens is 288 g/mol. The minimum absolute atomic E-state index is 0.403. The zero-order valence-corrected chi connectivity index (χ0v) is 12.4. The average Bonchev–Trinajstić information content (AvgIpc) is 2.89. The van der Waals surface area contributed by atoms with Crippen LogP contribution in [0, 0.1) is 5.41 Å². The van der Waals surface area contributed by atoms with Crippen molar-refractivity contribution in [1.29, 1.82) is 0 Å². The number of benzene rings is 1. The molecule has 1 aliphatic carbocycles. The summed E-state index contributed by atoms with van der Waals surface area (Å²) in [7, 11) is 0. The fraction of sp³-hybridized carbons (Fsp3) is 0.500. The second kappa shape index (κ2) is 7.10. The summed E-state index contributed by atoms with van der Waals surface area (Å²) < 4.78 is 5.82. The Labute approximate surface area is 118 Å². The lowest BCUT2D eigenvalue weighted by Gasteiger charge is -2.25. The van der Waals surface area contributed by atoms with Gasteiger partial charge in [0.15, 0.2) is 0 Å². The van der Waals surface area contributed by atoms with Gasteiger partial charge in [-0.2, -0.15) is 0 Å². The number of alkyl halides is 1. The summed E-state index contributed by atoms with van der Waals surface area (Å²) in [5.41, 5.74) is 1.64. The third-order valence-corrected chi connectivity index (χ3v) is 4.87. The summed E-state index contributed by atoms with van der Waals surface area (Å²) in [5, 5.41) is 1.07. The third-order valence-electron chi connectivity index (χ3n) is 3.68. The van der Waals surface area contributed by atoms with Crippen molar-refractivity contribution in [2.75, 3.05) is 18.5 Å². The van der Waals surface area contributed by atoms with E-state index >= 15 is 0 Å². The van der Waals surface area contributed by atoms with Crippen LogP contribution in [-0.2, 0) is 4.74 Å². The number of hydrogen-bond donors (Lipinski definition) is 0. The Bertz CT molecular complexity index is 366. The lowest BCUT2D eigenvalue weighted by Crippen LogP contribution is -2.25. The molecule has 0 unspecified atom stereocenters. The first-order valence-electron chi connectivity index (χ1n) is 6.70. The van der Waals surface area contributed by atoms with Crippen LogP contribution < -0.4 is 0 Å². The van der Waals surface area contributed by atoms with Crippen molar-refractivity contribution in [3.05, 3.63) is 42.0 Å². The van der Waals surface area contributed by atoms with E-state index in [1.54, 1.807) is 0 Å². The van der Waals surface area contributed by atoms with Gasteiger partial charge in [0.2, 0.25) is 0 Å². The van der Waals surface area contributed by atoms with Gasteiger partial charge in [-0.1, -0.05) is 71.3 Å². The van der Waals surface area contributed by atoms with Gasteiger partial charge in [0.25, 0.3) is 0 Å². The van der Waals surface area contributed by atoms with Crippen molar-refractivity contribution in [1.82, 2.24) is 0 Å². The molecule has 1 aromatic rings. The highest BCUT2D eigenvalue weighted by Crippen LogP contribution is 2.39. The quantitative estimate of drug-likeness (QED) is 0.548. The van der Waals surface area contributed by atoms with Gasteiger partial charge in [-0.3, -0.25) is 0 Å². The highest BCUT2D eigenvalue weighted by atomic mass is 79.9. The van der Waals surface area contributed by atoms with E-state index in [0.717, 1.165) is 11.9 Å². The van der Waals surface area contributed by atoms with Gasteiger partial charge in [-0.25, -0.2) is 0 Å². The van der Waals surface area contributed by atoms with Gasteiger partial charge in [0.1, 0.15) is 0 Å². The first-order chi connectivity index (χ1) is 8.85. The Morgan fingerprint density at radius 1 is 1.17 bits per heavy atom. The van der Waals surface area contributed by atoms with E-state index in [4.69, 9.17) is 4.74 Å². The number of ether oxygens (including phenoxy) is 1. The molecule has 0 saturated heterocycles. The molecule has 1 aliphatic rings. The predicted molar refractivity (Wildman–Crippen MR) is 81.0 cm³/mol. The maximum absolute atomic E-state index is 5.82. The Hall–Kier alpha value is -0.600. The van der Waals surface area contributed by atoms with Crippen molar-refractivity contribution in [2.45, 2.75) is 25.7 Å². The van der Waals surface area contributed by atoms with E-state index in [1.807, 2.05) is 6.07 Å². The first kappa shape index (κ1) is 13.8. The summed E-state index contributed by atoms with van der Waals surface area (Å²) >= 11 is 3.64. The molecule has 0 N–H and O–H groups in total. The van der Waals surface area contributed by atoms with E-state index in [1.165, 1.54) is 31.2 Å². The highest BCUT2D eigenvalue weighted by Gasteiger charge is 2.32. The van der Waals surface area contributed by atoms with E-state index in [2.05, 4.69) is 52.3 Å². The maximum Gasteiger partial charge on any atom is 0.0650 e. The van der Waals surface area contributed by atoms with Crippen molar-refractivity contribution in [3.8, 4) is 0 Å². The monoisotopic (exact) mass is 308 g/mol. The lowest BCUT2D eigenvalue weighted by molar-refractivity contribution is 0.0777. The molecule has 0 bridgehead atoms. The number of hydrogen-bond acceptors (Lipinski definition) is 1. The van der Waals surface area contributed by atoms with E-state index in [9.17, 15) is 0 Å². The van der Waals surface area contributed by atoms with Crippen LogP contribution in [0.3, 0.4) is 0 Å². The van der Waals surface area contributed by atoms with Crippen LogP contribution in [0.2, 0.25) is 0 Å². The molecule has 1 fully saturated rings. The van der Waals surface area contributed by atoms with E-state index in [-0.39, 0.29) is 0 Å². The van der Waals surface area contributed by atoms with Gasteiger partial charge in [-0.15, -0.1) is 0 Å². The highest BCUT2D eigenvalue weighted by molar-refractivity contribution is 9.09. The standard InChI is InChI=1S/C16H21BrO/c17-13-16(10-4-5-11-16)14-18-12-6-9-15-7-2-1-3-8-15/h1-3,6-9H,4-5,10-14H2. The molecule has 1 aromatic carbocycles. The minimum atomic E-state index is 0.403. The van der Waals surface area contributed by atoms with Crippen molar-refractivity contribution in [2.24, 2.45) is 5.41 Å². The first-order valence-corrected chi connectivity index (χ1v) is 7.82. The summed E-state index contributed by atoms with van der Waals surface area (Å²) in [5.74, 6) is 0. The van der Waals surface area contributed by atoms with Crippen molar-refractivity contribution < 1.29 is 4.74 Å². The lowest BCUT2D eigenvalue weighted by atomic mass is 9.90. The smallest absolute Gasteiger partial charge is 0.0650 e. The summed E-state index contributed by atoms with van der Waals surface area (Å²) in [6, 6.07) is 10.4. The molecule has 0 aromatic heterocycles. The molecule has 2 rings (SSSR count). The van der Waals surface area contributed by atoms with Gasteiger partial charge in [0, 0.05) is 10.7 Å². The van der Waals surface area contributed by atoms with Crippen molar-refractivity contribution in [3.63, 3.8) is 0 Å². The van der Waals surface area contributed by atoms with Gasteiger partial charge in [-0.05, 0) is 18.4 Å². The topological polar surface area (TPSA) is 9.23 Å². The fourth-order valence-corrected chi connectivity index (χ4v) is 3.26. The molecule has 0 atom stereocenters. The van der Waals surface area contributed by atoms with Crippen LogP contribution in [0.15, 0.2) is 36.4 Å². The molecular formula is C16H21BrO. The normalized spacial score (nSPS) is 18.5. The Kier molecular flexibility index (Phi) is 5.45. The Morgan fingerprint density at radius 2 is 1.89 bits per heavy atom. The molecule has 1 saturated carbocycles. The second-order valence-corrected chi connectivity index (χ2v) is 5.73. The molecule has 0 aliphatic heterocycles. The van der Waals surface area contributed by atoms with Crippen LogP contribution >= 0.6 is 15.9 Å². The fourth-order valence-electron chi connectivity index (χ4n) is 2.53. The largest absolute Gasteiger partial charge is 0.377 e. The van der Waals surface area contributed by atoms with Gasteiger partial charge >= 0.3 is 0 Å². The molecule has 2 heteroatoms. The predicted octanol–water partition coefficient (Wildman–Crippen LogP) is 4.67. The van der Waals surface area contributed by atoms with Crippen LogP contribution in [0.5, 0.6) is 0 Å². The molecule has 1 nitrogen and oxygen atoms in total. The van der Waals surface area contributed by atoms with Crippen LogP contribution in [0.4, 0.5) is 0 Å². The van der Waals surface area contributed by atoms with E-state index < -0.39 is 0 Å². The molecule has 98 valence electrons. The number of rotatable bonds is 6. The van der Waals surface area contributed by atoms with Crippen molar-refractivity contribution >= 4 is 22.0 Å². The van der Waals surface area contributed by atoms with Crippen LogP contribution in [0.25, 0.3) is 6.08 Å². The zero-order valence-electron chi connectivity index (χ0n) is 10.8. The van der Waals surface area contributed by atoms with E-state index in [0.29, 0.717) is 12.0 Å². The molecule has 0 radical (unpaired) electrons. The molecule has 0 heterocycles. The van der Waals surface area contributed by atoms with Crippen LogP contribution in [-0.4, -0.2) is 18.5 Å². The Morgan fingerprint density at radius 3 is 2.56 bits per heavy atom. The second-order valence-electron chi connectivity index (χ2n) is 5.17. The maximum atomic E-state index is 5.82. The summed E-state index contributed by atoms with van der Waals surface area (Å²) in [4.78, 5) is 0. The molecule has 18 heavy (non-hydrogen) atoms. The van der Waals surface area contributed by atoms with Crippen LogP contribution in [0.1, 0.15) is 31.2 Å². The average molecular weight is 309 g/mol. The zero-order chi connectivity index (χ0) is 12.7. The minimum Gasteiger partial charge on any atom is -0.377 e. The van der Waals surface area contributed by atoms with Gasteiger partial charge in [0.05, 0.1) is 13.2 Å². The summed E-state index contributed by atoms with van der Waals surface area (Å²) in [6.07, 6.45) is 9.55. The SMILES string of the molecule is BrCC1(COCC=Cc2ccccc2)CCCC1. The summed E-state index contributed by atoms with van der Waals surface area (Å²) in [6.45, 7) is 1.60. The van der Waals surface area contributed by atoms with Gasteiger partial charge < -0.3 is 4.74 Å².